The van der Waals surface area contributed by atoms with Crippen LogP contribution in [0.2, 0.25) is 0 Å². The maximum Gasteiger partial charge on any atom is 0.257 e. The molecule has 1 aliphatic heterocycles. The first-order valence-electron chi connectivity index (χ1n) is 9.03. The zero-order valence-electron chi connectivity index (χ0n) is 15.4. The van der Waals surface area contributed by atoms with Crippen molar-refractivity contribution >= 4 is 11.9 Å². The molecule has 8 nitrogen and oxygen atoms in total. The Bertz CT molecular complexity index is 895. The van der Waals surface area contributed by atoms with E-state index in [1.807, 2.05) is 32.2 Å². The highest BCUT2D eigenvalue weighted by atomic mass is 16.2. The van der Waals surface area contributed by atoms with Crippen molar-refractivity contribution in [1.82, 2.24) is 24.6 Å². The molecule has 8 heteroatoms. The number of aromatic amines is 1. The first-order valence-corrected chi connectivity index (χ1v) is 9.03. The molecule has 0 radical (unpaired) electrons. The minimum Gasteiger partial charge on any atom is -0.348 e. The predicted molar refractivity (Wildman–Crippen MR) is 97.6 cm³/mol. The third-order valence-electron chi connectivity index (χ3n) is 5.12. The van der Waals surface area contributed by atoms with Crippen LogP contribution in [0.15, 0.2) is 17.1 Å². The van der Waals surface area contributed by atoms with E-state index in [-0.39, 0.29) is 17.4 Å². The molecule has 4 rings (SSSR count). The predicted octanol–water partition coefficient (Wildman–Crippen LogP) is 1.08. The van der Waals surface area contributed by atoms with Gasteiger partial charge in [0.25, 0.3) is 11.5 Å². The number of hydrogen-bond donors (Lipinski definition) is 1. The number of carbonyl (C=O) groups is 1. The van der Waals surface area contributed by atoms with Gasteiger partial charge in [0.15, 0.2) is 0 Å². The summed E-state index contributed by atoms with van der Waals surface area (Å²) in [6.07, 6.45) is 4.88. The Kier molecular flexibility index (Phi) is 4.05. The maximum atomic E-state index is 13.0. The Balaban J connectivity index is 1.54. The van der Waals surface area contributed by atoms with Crippen LogP contribution in [-0.2, 0) is 7.05 Å². The molecule has 2 aromatic heterocycles. The van der Waals surface area contributed by atoms with Gasteiger partial charge in [-0.15, -0.1) is 0 Å². The fraction of sp³-hybridized carbons (Fsp3) is 0.556. The van der Waals surface area contributed by atoms with Crippen LogP contribution < -0.4 is 10.5 Å². The van der Waals surface area contributed by atoms with Crippen LogP contribution in [0.25, 0.3) is 0 Å². The number of carbonyl (C=O) groups excluding carboxylic acids is 1. The molecule has 1 atom stereocenters. The molecule has 0 aromatic carbocycles. The standard InChI is InChI=1S/C18H24N6O2/c1-22(2)18-19-14(8-15(25)20-18)12-6-7-24(9-12)17(26)13-10-23(3)21-16(13)11-4-5-11/h8,10-12H,4-7,9H2,1-3H3,(H,19,20,25). The lowest BCUT2D eigenvalue weighted by Crippen LogP contribution is -2.29. The lowest BCUT2D eigenvalue weighted by Gasteiger charge is -2.17. The molecule has 2 aliphatic rings. The maximum absolute atomic E-state index is 13.0. The third-order valence-corrected chi connectivity index (χ3v) is 5.12. The smallest absolute Gasteiger partial charge is 0.257 e. The zero-order chi connectivity index (χ0) is 18.4. The van der Waals surface area contributed by atoms with Crippen LogP contribution in [0.1, 0.15) is 52.8 Å². The molecular weight excluding hydrogens is 332 g/mol. The second-order valence-electron chi connectivity index (χ2n) is 7.50. The van der Waals surface area contributed by atoms with Crippen LogP contribution in [-0.4, -0.2) is 57.7 Å². The monoisotopic (exact) mass is 356 g/mol. The summed E-state index contributed by atoms with van der Waals surface area (Å²) in [4.78, 5) is 35.9. The van der Waals surface area contributed by atoms with Crippen LogP contribution in [0.3, 0.4) is 0 Å². The van der Waals surface area contributed by atoms with E-state index in [1.54, 1.807) is 15.6 Å². The molecule has 3 heterocycles. The molecule has 1 saturated heterocycles. The number of rotatable bonds is 4. The largest absolute Gasteiger partial charge is 0.348 e. The molecule has 26 heavy (non-hydrogen) atoms. The van der Waals surface area contributed by atoms with Crippen molar-refractivity contribution in [3.63, 3.8) is 0 Å². The molecule has 2 aromatic rings. The van der Waals surface area contributed by atoms with E-state index in [0.29, 0.717) is 25.0 Å². The molecule has 1 amide bonds. The van der Waals surface area contributed by atoms with Gasteiger partial charge >= 0.3 is 0 Å². The van der Waals surface area contributed by atoms with Gasteiger partial charge < -0.3 is 9.80 Å². The lowest BCUT2D eigenvalue weighted by atomic mass is 10.0. The van der Waals surface area contributed by atoms with Crippen molar-refractivity contribution in [2.24, 2.45) is 7.05 Å². The summed E-state index contributed by atoms with van der Waals surface area (Å²) in [7, 11) is 5.54. The van der Waals surface area contributed by atoms with Crippen molar-refractivity contribution in [1.29, 1.82) is 0 Å². The van der Waals surface area contributed by atoms with E-state index in [2.05, 4.69) is 15.1 Å². The number of nitrogens with one attached hydrogen (secondary N) is 1. The topological polar surface area (TPSA) is 87.1 Å². The molecular formula is C18H24N6O2. The molecule has 1 N–H and O–H groups in total. The van der Waals surface area contributed by atoms with Crippen molar-refractivity contribution in [3.8, 4) is 0 Å². The summed E-state index contributed by atoms with van der Waals surface area (Å²) in [6.45, 7) is 1.26. The molecule has 0 spiro atoms. The number of H-pyrrole nitrogens is 1. The highest BCUT2D eigenvalue weighted by Gasteiger charge is 2.35. The molecule has 1 aliphatic carbocycles. The van der Waals surface area contributed by atoms with Gasteiger partial charge in [-0.05, 0) is 19.3 Å². The minimum atomic E-state index is -0.160. The zero-order valence-corrected chi connectivity index (χ0v) is 15.4. The fourth-order valence-corrected chi connectivity index (χ4v) is 3.57. The molecule has 2 fully saturated rings. The summed E-state index contributed by atoms with van der Waals surface area (Å²) in [5.74, 6) is 1.10. The molecule has 1 saturated carbocycles. The van der Waals surface area contributed by atoms with E-state index in [1.165, 1.54) is 0 Å². The Labute approximate surface area is 151 Å². The van der Waals surface area contributed by atoms with Crippen molar-refractivity contribution in [2.75, 3.05) is 32.1 Å². The number of aryl methyl sites for hydroxylation is 1. The quantitative estimate of drug-likeness (QED) is 0.886. The molecule has 0 bridgehead atoms. The summed E-state index contributed by atoms with van der Waals surface area (Å²) >= 11 is 0. The Morgan fingerprint density at radius 2 is 2.04 bits per heavy atom. The van der Waals surface area contributed by atoms with Crippen LogP contribution in [0.5, 0.6) is 0 Å². The number of hydrogen-bond acceptors (Lipinski definition) is 5. The number of nitrogens with zero attached hydrogens (tertiary/aromatic N) is 5. The Hall–Kier alpha value is -2.64. The van der Waals surface area contributed by atoms with Gasteiger partial charge in [0.2, 0.25) is 5.95 Å². The van der Waals surface area contributed by atoms with E-state index < -0.39 is 0 Å². The summed E-state index contributed by atoms with van der Waals surface area (Å²) in [6, 6.07) is 1.55. The second-order valence-corrected chi connectivity index (χ2v) is 7.50. The number of amides is 1. The van der Waals surface area contributed by atoms with Crippen LogP contribution in [0.4, 0.5) is 5.95 Å². The highest BCUT2D eigenvalue weighted by molar-refractivity contribution is 5.95. The fourth-order valence-electron chi connectivity index (χ4n) is 3.57. The first kappa shape index (κ1) is 16.8. The van der Waals surface area contributed by atoms with Crippen LogP contribution in [0, 0.1) is 0 Å². The highest BCUT2D eigenvalue weighted by Crippen LogP contribution is 2.41. The SMILES string of the molecule is CN(C)c1nc(C2CCN(C(=O)c3cn(C)nc3C3CC3)C2)cc(=O)[nH]1. The number of anilines is 1. The average molecular weight is 356 g/mol. The van der Waals surface area contributed by atoms with Gasteiger partial charge in [0.05, 0.1) is 17.0 Å². The summed E-state index contributed by atoms with van der Waals surface area (Å²) in [5, 5.41) is 4.49. The van der Waals surface area contributed by atoms with Gasteiger partial charge in [0, 0.05) is 58.3 Å². The normalized spacial score (nSPS) is 19.8. The van der Waals surface area contributed by atoms with Gasteiger partial charge in [-0.1, -0.05) is 0 Å². The third kappa shape index (κ3) is 3.11. The van der Waals surface area contributed by atoms with Crippen molar-refractivity contribution in [3.05, 3.63) is 39.6 Å². The minimum absolute atomic E-state index is 0.0418. The van der Waals surface area contributed by atoms with E-state index in [4.69, 9.17) is 0 Å². The van der Waals surface area contributed by atoms with Crippen molar-refractivity contribution in [2.45, 2.75) is 31.1 Å². The molecule has 1 unspecified atom stereocenters. The second kappa shape index (κ2) is 6.26. The van der Waals surface area contributed by atoms with E-state index in [0.717, 1.165) is 36.2 Å². The van der Waals surface area contributed by atoms with Crippen LogP contribution >= 0.6 is 0 Å². The van der Waals surface area contributed by atoms with Gasteiger partial charge in [0.1, 0.15) is 0 Å². The van der Waals surface area contributed by atoms with Gasteiger partial charge in [-0.3, -0.25) is 19.3 Å². The first-order chi connectivity index (χ1) is 12.4. The van der Waals surface area contributed by atoms with Gasteiger partial charge in [-0.2, -0.15) is 5.10 Å². The average Bonchev–Trinajstić information content (AvgIpc) is 3.18. The van der Waals surface area contributed by atoms with Crippen molar-refractivity contribution < 1.29 is 4.79 Å². The Morgan fingerprint density at radius 1 is 1.27 bits per heavy atom. The lowest BCUT2D eigenvalue weighted by molar-refractivity contribution is 0.0789. The summed E-state index contributed by atoms with van der Waals surface area (Å²) < 4.78 is 1.73. The number of likely N-dealkylation sites (tertiary alicyclic amines) is 1. The Morgan fingerprint density at radius 3 is 2.73 bits per heavy atom. The van der Waals surface area contributed by atoms with E-state index >= 15 is 0 Å². The van der Waals surface area contributed by atoms with E-state index in [9.17, 15) is 9.59 Å². The van der Waals surface area contributed by atoms with Gasteiger partial charge in [-0.25, -0.2) is 4.98 Å². The summed E-state index contributed by atoms with van der Waals surface area (Å²) in [5.41, 5.74) is 2.25. The number of aromatic nitrogens is 4. The molecule has 138 valence electrons.